The van der Waals surface area contributed by atoms with Crippen molar-refractivity contribution < 1.29 is 13.2 Å². The molecule has 0 atom stereocenters. The third-order valence-corrected chi connectivity index (χ3v) is 3.66. The molecular formula is C9H15N5O3S. The van der Waals surface area contributed by atoms with Gasteiger partial charge in [-0.1, -0.05) is 0 Å². The maximum Gasteiger partial charge on any atom is 0.243 e. The van der Waals surface area contributed by atoms with Gasteiger partial charge in [0, 0.05) is 5.56 Å². The number of hydrogen-bond acceptors (Lipinski definition) is 6. The Kier molecular flexibility index (Phi) is 4.48. The maximum absolute atomic E-state index is 11.7. The molecule has 0 saturated carbocycles. The predicted octanol–water partition coefficient (Wildman–Crippen LogP) is -1.31. The van der Waals surface area contributed by atoms with Crippen LogP contribution in [0.3, 0.4) is 0 Å². The molecule has 0 aliphatic rings. The van der Waals surface area contributed by atoms with Gasteiger partial charge in [-0.2, -0.15) is 0 Å². The number of methoxy groups -OCH3 is 1. The second-order valence-electron chi connectivity index (χ2n) is 3.20. The Balaban J connectivity index is 3.33. The molecule has 0 fully saturated rings. The van der Waals surface area contributed by atoms with Crippen molar-refractivity contribution in [2.24, 2.45) is 16.7 Å². The number of rotatable bonds is 5. The molecule has 8 nitrogen and oxygen atoms in total. The maximum atomic E-state index is 11.7. The lowest BCUT2D eigenvalue weighted by atomic mass is 10.2. The molecule has 0 bridgehead atoms. The summed E-state index contributed by atoms with van der Waals surface area (Å²) in [5.41, 5.74) is 8.14. The zero-order chi connectivity index (χ0) is 13.8. The first kappa shape index (κ1) is 14.2. The molecule has 18 heavy (non-hydrogen) atoms. The Morgan fingerprint density at radius 3 is 2.61 bits per heavy atom. The van der Waals surface area contributed by atoms with E-state index in [1.807, 2.05) is 0 Å². The number of nitrogens with two attached hydrogens (primary N) is 2. The molecule has 1 aromatic carbocycles. The first-order valence-electron chi connectivity index (χ1n) is 4.87. The fourth-order valence-corrected chi connectivity index (χ4v) is 2.17. The van der Waals surface area contributed by atoms with Gasteiger partial charge in [0.15, 0.2) is 5.84 Å². The van der Waals surface area contributed by atoms with E-state index in [0.29, 0.717) is 5.56 Å². The molecule has 0 spiro atoms. The molecule has 6 N–H and O–H groups in total. The summed E-state index contributed by atoms with van der Waals surface area (Å²) in [6.45, 7) is 0. The Bertz CT molecular complexity index is 555. The number of hydrazone groups is 1. The monoisotopic (exact) mass is 273 g/mol. The van der Waals surface area contributed by atoms with E-state index >= 15 is 0 Å². The van der Waals surface area contributed by atoms with Gasteiger partial charge in [-0.25, -0.2) is 24.5 Å². The van der Waals surface area contributed by atoms with E-state index in [1.165, 1.54) is 32.4 Å². The molecule has 0 heterocycles. The van der Waals surface area contributed by atoms with Crippen molar-refractivity contribution in [3.63, 3.8) is 0 Å². The summed E-state index contributed by atoms with van der Waals surface area (Å²) in [7, 11) is -0.912. The number of nitrogens with one attached hydrogen (secondary N) is 2. The number of benzene rings is 1. The van der Waals surface area contributed by atoms with Crippen LogP contribution >= 0.6 is 0 Å². The topological polar surface area (TPSA) is 132 Å². The number of sulfonamides is 1. The average molecular weight is 273 g/mol. The molecule has 0 radical (unpaired) electrons. The van der Waals surface area contributed by atoms with E-state index in [4.69, 9.17) is 16.3 Å². The van der Waals surface area contributed by atoms with Crippen LogP contribution in [-0.4, -0.2) is 28.4 Å². The molecule has 0 unspecified atom stereocenters. The van der Waals surface area contributed by atoms with Crippen molar-refractivity contribution in [1.29, 1.82) is 0 Å². The summed E-state index contributed by atoms with van der Waals surface area (Å²) in [5.74, 6) is 5.28. The van der Waals surface area contributed by atoms with E-state index < -0.39 is 10.0 Å². The van der Waals surface area contributed by atoms with Crippen LogP contribution in [0.5, 0.6) is 5.75 Å². The Hall–Kier alpha value is -1.84. The molecule has 1 aromatic rings. The summed E-state index contributed by atoms with van der Waals surface area (Å²) in [5, 5.41) is 3.58. The lowest BCUT2D eigenvalue weighted by Gasteiger charge is -2.10. The van der Waals surface area contributed by atoms with Crippen molar-refractivity contribution in [1.82, 2.24) is 10.3 Å². The fraction of sp³-hybridized carbons (Fsp3) is 0.222. The van der Waals surface area contributed by atoms with Crippen LogP contribution in [0.2, 0.25) is 0 Å². The lowest BCUT2D eigenvalue weighted by Crippen LogP contribution is -2.23. The predicted molar refractivity (Wildman–Crippen MR) is 67.3 cm³/mol. The fourth-order valence-electron chi connectivity index (χ4n) is 1.29. The van der Waals surface area contributed by atoms with Crippen LogP contribution in [0.15, 0.2) is 28.2 Å². The van der Waals surface area contributed by atoms with Crippen LogP contribution in [-0.2, 0) is 10.0 Å². The number of ether oxygens (including phenoxy) is 1. The molecule has 0 saturated heterocycles. The van der Waals surface area contributed by atoms with Crippen LogP contribution in [0.1, 0.15) is 5.56 Å². The third kappa shape index (κ3) is 2.88. The second kappa shape index (κ2) is 5.67. The molecule has 0 aromatic heterocycles. The molecule has 0 aliphatic carbocycles. The minimum atomic E-state index is -3.59. The number of hydrogen-bond donors (Lipinski definition) is 4. The summed E-state index contributed by atoms with van der Waals surface area (Å²) in [6, 6.07) is 4.34. The largest absolute Gasteiger partial charge is 0.495 e. The van der Waals surface area contributed by atoms with Gasteiger partial charge in [-0.15, -0.1) is 5.10 Å². The summed E-state index contributed by atoms with van der Waals surface area (Å²) < 4.78 is 30.6. The summed E-state index contributed by atoms with van der Waals surface area (Å²) >= 11 is 0. The van der Waals surface area contributed by atoms with Gasteiger partial charge in [0.25, 0.3) is 0 Å². The Labute approximate surface area is 105 Å². The summed E-state index contributed by atoms with van der Waals surface area (Å²) in [4.78, 5) is 0.0183. The number of amidine groups is 1. The van der Waals surface area contributed by atoms with Crippen LogP contribution in [0, 0.1) is 0 Å². The van der Waals surface area contributed by atoms with Crippen molar-refractivity contribution in [3.05, 3.63) is 23.8 Å². The second-order valence-corrected chi connectivity index (χ2v) is 5.05. The van der Waals surface area contributed by atoms with Crippen LogP contribution in [0.4, 0.5) is 0 Å². The van der Waals surface area contributed by atoms with Crippen molar-refractivity contribution >= 4 is 15.9 Å². The average Bonchev–Trinajstić information content (AvgIpc) is 2.38. The minimum Gasteiger partial charge on any atom is -0.495 e. The molecule has 1 rings (SSSR count). The van der Waals surface area contributed by atoms with Crippen LogP contribution < -0.4 is 26.6 Å². The van der Waals surface area contributed by atoms with E-state index in [2.05, 4.69) is 15.4 Å². The number of hydrazine groups is 1. The van der Waals surface area contributed by atoms with Crippen molar-refractivity contribution in [3.8, 4) is 5.75 Å². The van der Waals surface area contributed by atoms with Crippen LogP contribution in [0.25, 0.3) is 0 Å². The zero-order valence-electron chi connectivity index (χ0n) is 9.97. The van der Waals surface area contributed by atoms with Gasteiger partial charge in [0.05, 0.1) is 7.11 Å². The van der Waals surface area contributed by atoms with Gasteiger partial charge < -0.3 is 10.5 Å². The normalized spacial score (nSPS) is 12.3. The first-order chi connectivity index (χ1) is 8.46. The Morgan fingerprint density at radius 1 is 1.44 bits per heavy atom. The van der Waals surface area contributed by atoms with E-state index in [0.717, 1.165) is 0 Å². The van der Waals surface area contributed by atoms with E-state index in [-0.39, 0.29) is 16.5 Å². The molecule has 0 aliphatic heterocycles. The zero-order valence-corrected chi connectivity index (χ0v) is 10.8. The molecule has 9 heteroatoms. The smallest absolute Gasteiger partial charge is 0.243 e. The third-order valence-electron chi connectivity index (χ3n) is 2.20. The van der Waals surface area contributed by atoms with Gasteiger partial charge in [-0.05, 0) is 25.2 Å². The van der Waals surface area contributed by atoms with Gasteiger partial charge in [-0.3, -0.25) is 0 Å². The van der Waals surface area contributed by atoms with E-state index in [9.17, 15) is 8.42 Å². The molecule has 0 amide bonds. The van der Waals surface area contributed by atoms with Gasteiger partial charge >= 0.3 is 0 Å². The quantitative estimate of drug-likeness (QED) is 0.228. The SMILES string of the molecule is CNS(=O)(=O)c1ccc(/C(N)=N/NN)cc1OC. The highest BCUT2D eigenvalue weighted by Gasteiger charge is 2.18. The lowest BCUT2D eigenvalue weighted by molar-refractivity contribution is 0.402. The minimum absolute atomic E-state index is 0.0183. The highest BCUT2D eigenvalue weighted by Crippen LogP contribution is 2.24. The van der Waals surface area contributed by atoms with Crippen molar-refractivity contribution in [2.75, 3.05) is 14.2 Å². The standard InChI is InChI=1S/C9H15N5O3S/c1-12-18(15,16)8-4-3-6(5-7(8)17-2)9(10)13-14-11/h3-5,12,14H,11H2,1-2H3,(H2,10,13). The number of nitrogens with zero attached hydrogens (tertiary/aromatic N) is 1. The van der Waals surface area contributed by atoms with E-state index in [1.54, 1.807) is 0 Å². The van der Waals surface area contributed by atoms with Gasteiger partial charge in [0.1, 0.15) is 10.6 Å². The summed E-state index contributed by atoms with van der Waals surface area (Å²) in [6.07, 6.45) is 0. The Morgan fingerprint density at radius 2 is 2.11 bits per heavy atom. The highest BCUT2D eigenvalue weighted by molar-refractivity contribution is 7.89. The first-order valence-corrected chi connectivity index (χ1v) is 6.35. The van der Waals surface area contributed by atoms with Crippen molar-refractivity contribution in [2.45, 2.75) is 4.90 Å². The highest BCUT2D eigenvalue weighted by atomic mass is 32.2. The van der Waals surface area contributed by atoms with Gasteiger partial charge in [0.2, 0.25) is 10.0 Å². The molecule has 100 valence electrons. The molecular weight excluding hydrogens is 258 g/mol.